The maximum absolute atomic E-state index is 5.26. The van der Waals surface area contributed by atoms with E-state index in [0.29, 0.717) is 13.0 Å². The number of hydrogen-bond acceptors (Lipinski definition) is 2. The number of hydrogen-bond donors (Lipinski definition) is 1. The summed E-state index contributed by atoms with van der Waals surface area (Å²) < 4.78 is 5.18. The molecule has 2 nitrogen and oxygen atoms in total. The van der Waals surface area contributed by atoms with E-state index in [1.54, 1.807) is 7.11 Å². The average Bonchev–Trinajstić information content (AvgIpc) is 2.19. The van der Waals surface area contributed by atoms with E-state index in [1.807, 2.05) is 24.3 Å². The van der Waals surface area contributed by atoms with Crippen LogP contribution in [0.15, 0.2) is 24.3 Å². The minimum atomic E-state index is 0.412. The molecule has 2 heteroatoms. The van der Waals surface area contributed by atoms with Gasteiger partial charge in [-0.25, -0.2) is 0 Å². The first kappa shape index (κ1) is 9.63. The standard InChI is InChI=1S/C11H13NO/c1-13-11-8-3-2-6-10(11)7-4-5-9-12/h2-3,6,8H,7,9,12H2,1H3. The highest BCUT2D eigenvalue weighted by atomic mass is 16.5. The molecule has 0 aliphatic carbocycles. The van der Waals surface area contributed by atoms with E-state index in [4.69, 9.17) is 10.5 Å². The molecule has 0 aliphatic rings. The molecule has 0 heterocycles. The summed E-state index contributed by atoms with van der Waals surface area (Å²) in [4.78, 5) is 0. The largest absolute Gasteiger partial charge is 0.496 e. The van der Waals surface area contributed by atoms with Crippen LogP contribution in [-0.4, -0.2) is 13.7 Å². The Labute approximate surface area is 78.7 Å². The van der Waals surface area contributed by atoms with Crippen molar-refractivity contribution >= 4 is 0 Å². The zero-order valence-corrected chi connectivity index (χ0v) is 7.71. The van der Waals surface area contributed by atoms with Gasteiger partial charge in [-0.2, -0.15) is 0 Å². The lowest BCUT2D eigenvalue weighted by atomic mass is 10.1. The summed E-state index contributed by atoms with van der Waals surface area (Å²) in [6.45, 7) is 0.412. The van der Waals surface area contributed by atoms with Crippen molar-refractivity contribution in [1.82, 2.24) is 0 Å². The molecule has 0 saturated heterocycles. The predicted molar refractivity (Wildman–Crippen MR) is 53.5 cm³/mol. The SMILES string of the molecule is COc1ccccc1CC#CCN. The van der Waals surface area contributed by atoms with Crippen molar-refractivity contribution in [2.75, 3.05) is 13.7 Å². The molecule has 2 N–H and O–H groups in total. The lowest BCUT2D eigenvalue weighted by Crippen LogP contribution is -1.94. The number of para-hydroxylation sites is 1. The number of ether oxygens (including phenoxy) is 1. The van der Waals surface area contributed by atoms with Crippen LogP contribution < -0.4 is 10.5 Å². The molecule has 0 bridgehead atoms. The van der Waals surface area contributed by atoms with Crippen molar-refractivity contribution in [3.8, 4) is 17.6 Å². The number of nitrogens with two attached hydrogens (primary N) is 1. The highest BCUT2D eigenvalue weighted by molar-refractivity contribution is 5.35. The van der Waals surface area contributed by atoms with Gasteiger partial charge in [-0.15, -0.1) is 0 Å². The summed E-state index contributed by atoms with van der Waals surface area (Å²) in [7, 11) is 1.66. The van der Waals surface area contributed by atoms with Gasteiger partial charge in [0.05, 0.1) is 13.7 Å². The van der Waals surface area contributed by atoms with Crippen molar-refractivity contribution in [3.05, 3.63) is 29.8 Å². The van der Waals surface area contributed by atoms with Gasteiger partial charge in [0.1, 0.15) is 5.75 Å². The number of benzene rings is 1. The molecule has 0 atom stereocenters. The molecular weight excluding hydrogens is 162 g/mol. The Kier molecular flexibility index (Phi) is 3.87. The fourth-order valence-corrected chi connectivity index (χ4v) is 1.08. The van der Waals surface area contributed by atoms with E-state index < -0.39 is 0 Å². The van der Waals surface area contributed by atoms with Gasteiger partial charge >= 0.3 is 0 Å². The topological polar surface area (TPSA) is 35.2 Å². The van der Waals surface area contributed by atoms with Gasteiger partial charge in [0.25, 0.3) is 0 Å². The number of methoxy groups -OCH3 is 1. The Balaban J connectivity index is 2.75. The summed E-state index contributed by atoms with van der Waals surface area (Å²) in [6, 6.07) is 7.85. The quantitative estimate of drug-likeness (QED) is 0.685. The Hall–Kier alpha value is -1.46. The summed E-state index contributed by atoms with van der Waals surface area (Å²) in [5, 5.41) is 0. The van der Waals surface area contributed by atoms with Crippen molar-refractivity contribution in [3.63, 3.8) is 0 Å². The maximum atomic E-state index is 5.26. The van der Waals surface area contributed by atoms with Gasteiger partial charge in [-0.3, -0.25) is 0 Å². The Bertz CT molecular complexity index is 322. The monoisotopic (exact) mass is 175 g/mol. The van der Waals surface area contributed by atoms with Crippen LogP contribution in [0.2, 0.25) is 0 Å². The second-order valence-corrected chi connectivity index (χ2v) is 2.55. The van der Waals surface area contributed by atoms with Crippen molar-refractivity contribution < 1.29 is 4.74 Å². The van der Waals surface area contributed by atoms with E-state index >= 15 is 0 Å². The fraction of sp³-hybridized carbons (Fsp3) is 0.273. The molecule has 0 saturated carbocycles. The zero-order chi connectivity index (χ0) is 9.52. The van der Waals surface area contributed by atoms with Gasteiger partial charge in [0.15, 0.2) is 0 Å². The third-order valence-corrected chi connectivity index (χ3v) is 1.70. The van der Waals surface area contributed by atoms with Crippen LogP contribution >= 0.6 is 0 Å². The van der Waals surface area contributed by atoms with Gasteiger partial charge in [-0.1, -0.05) is 30.0 Å². The minimum Gasteiger partial charge on any atom is -0.496 e. The van der Waals surface area contributed by atoms with Gasteiger partial charge in [0.2, 0.25) is 0 Å². The van der Waals surface area contributed by atoms with Gasteiger partial charge in [0, 0.05) is 12.0 Å². The third-order valence-electron chi connectivity index (χ3n) is 1.70. The van der Waals surface area contributed by atoms with E-state index in [-0.39, 0.29) is 0 Å². The Morgan fingerprint density at radius 1 is 1.31 bits per heavy atom. The molecular formula is C11H13NO. The van der Waals surface area contributed by atoms with Gasteiger partial charge < -0.3 is 10.5 Å². The highest BCUT2D eigenvalue weighted by Gasteiger charge is 1.97. The first-order valence-corrected chi connectivity index (χ1v) is 4.16. The Morgan fingerprint density at radius 3 is 2.77 bits per heavy atom. The van der Waals surface area contributed by atoms with Crippen LogP contribution in [0.1, 0.15) is 5.56 Å². The van der Waals surface area contributed by atoms with Crippen molar-refractivity contribution in [1.29, 1.82) is 0 Å². The second-order valence-electron chi connectivity index (χ2n) is 2.55. The smallest absolute Gasteiger partial charge is 0.123 e. The molecule has 0 fully saturated rings. The van der Waals surface area contributed by atoms with Gasteiger partial charge in [-0.05, 0) is 6.07 Å². The predicted octanol–water partition coefficient (Wildman–Crippen LogP) is 1.20. The first-order chi connectivity index (χ1) is 6.38. The average molecular weight is 175 g/mol. The molecule has 0 spiro atoms. The van der Waals surface area contributed by atoms with E-state index in [0.717, 1.165) is 11.3 Å². The summed E-state index contributed by atoms with van der Waals surface area (Å²) in [5.41, 5.74) is 6.36. The van der Waals surface area contributed by atoms with Crippen LogP contribution in [0, 0.1) is 11.8 Å². The van der Waals surface area contributed by atoms with E-state index in [2.05, 4.69) is 11.8 Å². The molecule has 0 aliphatic heterocycles. The normalized spacial score (nSPS) is 8.77. The lowest BCUT2D eigenvalue weighted by Gasteiger charge is -2.03. The number of rotatable bonds is 2. The lowest BCUT2D eigenvalue weighted by molar-refractivity contribution is 0.411. The van der Waals surface area contributed by atoms with Crippen molar-refractivity contribution in [2.24, 2.45) is 5.73 Å². The molecule has 68 valence electrons. The van der Waals surface area contributed by atoms with Crippen molar-refractivity contribution in [2.45, 2.75) is 6.42 Å². The first-order valence-electron chi connectivity index (χ1n) is 4.16. The van der Waals surface area contributed by atoms with Crippen LogP contribution in [0.4, 0.5) is 0 Å². The molecule has 1 rings (SSSR count). The summed E-state index contributed by atoms with van der Waals surface area (Å²) >= 11 is 0. The molecule has 0 aromatic heterocycles. The third kappa shape index (κ3) is 2.81. The van der Waals surface area contributed by atoms with Crippen LogP contribution in [0.3, 0.4) is 0 Å². The van der Waals surface area contributed by atoms with E-state index in [1.165, 1.54) is 0 Å². The summed E-state index contributed by atoms with van der Waals surface area (Å²) in [5.74, 6) is 6.67. The maximum Gasteiger partial charge on any atom is 0.123 e. The molecule has 0 unspecified atom stereocenters. The molecule has 1 aromatic rings. The molecule has 0 amide bonds. The second kappa shape index (κ2) is 5.23. The molecule has 13 heavy (non-hydrogen) atoms. The van der Waals surface area contributed by atoms with Crippen LogP contribution in [-0.2, 0) is 6.42 Å². The molecule has 1 aromatic carbocycles. The minimum absolute atomic E-state index is 0.412. The van der Waals surface area contributed by atoms with E-state index in [9.17, 15) is 0 Å². The van der Waals surface area contributed by atoms with Crippen LogP contribution in [0.25, 0.3) is 0 Å². The Morgan fingerprint density at radius 2 is 2.08 bits per heavy atom. The molecule has 0 radical (unpaired) electrons. The van der Waals surface area contributed by atoms with Crippen LogP contribution in [0.5, 0.6) is 5.75 Å². The summed E-state index contributed by atoms with van der Waals surface area (Å²) in [6.07, 6.45) is 0.696. The fourth-order valence-electron chi connectivity index (χ4n) is 1.08. The highest BCUT2D eigenvalue weighted by Crippen LogP contribution is 2.16. The zero-order valence-electron chi connectivity index (χ0n) is 7.71.